The van der Waals surface area contributed by atoms with E-state index >= 15 is 0 Å². The van der Waals surface area contributed by atoms with Gasteiger partial charge in [-0.25, -0.2) is 0 Å². The normalized spacial score (nSPS) is 18.2. The van der Waals surface area contributed by atoms with Crippen molar-refractivity contribution in [3.8, 4) is 0 Å². The molecule has 0 saturated carbocycles. The van der Waals surface area contributed by atoms with Crippen LogP contribution in [0.15, 0.2) is 18.2 Å². The van der Waals surface area contributed by atoms with Gasteiger partial charge in [0.1, 0.15) is 0 Å². The molecule has 1 aromatic rings. The molecule has 0 radical (unpaired) electrons. The maximum absolute atomic E-state index is 12.2. The highest BCUT2D eigenvalue weighted by molar-refractivity contribution is 7.99. The second kappa shape index (κ2) is 8.13. The summed E-state index contributed by atoms with van der Waals surface area (Å²) in [6.45, 7) is 2.94. The maximum Gasteiger partial charge on any atom is 0.228 e. The quantitative estimate of drug-likeness (QED) is 0.921. The summed E-state index contributed by atoms with van der Waals surface area (Å²) >= 11 is 8.00. The first-order valence-corrected chi connectivity index (χ1v) is 7.95. The number of thioether (sulfide) groups is 1. The fraction of sp³-hybridized carbons (Fsp3) is 0.500. The van der Waals surface area contributed by atoms with E-state index in [1.807, 2.05) is 36.9 Å². The molecule has 20 heavy (non-hydrogen) atoms. The van der Waals surface area contributed by atoms with Crippen LogP contribution in [0.5, 0.6) is 0 Å². The highest BCUT2D eigenvalue weighted by Gasteiger charge is 2.20. The van der Waals surface area contributed by atoms with Crippen molar-refractivity contribution < 1.29 is 4.79 Å². The first kappa shape index (κ1) is 17.6. The van der Waals surface area contributed by atoms with E-state index in [1.54, 1.807) is 11.9 Å². The van der Waals surface area contributed by atoms with Gasteiger partial charge in [0, 0.05) is 48.3 Å². The van der Waals surface area contributed by atoms with Crippen molar-refractivity contribution in [3.63, 3.8) is 0 Å². The molecule has 0 spiro atoms. The van der Waals surface area contributed by atoms with Crippen LogP contribution in [0, 0.1) is 6.92 Å². The number of aryl methyl sites for hydroxylation is 1. The second-order valence-electron chi connectivity index (χ2n) is 4.82. The third-order valence-electron chi connectivity index (χ3n) is 3.34. The van der Waals surface area contributed by atoms with Crippen LogP contribution in [0.1, 0.15) is 12.0 Å². The third kappa shape index (κ3) is 4.55. The van der Waals surface area contributed by atoms with Gasteiger partial charge in [0.15, 0.2) is 0 Å². The second-order valence-corrected chi connectivity index (χ2v) is 6.37. The first-order chi connectivity index (χ1) is 9.08. The van der Waals surface area contributed by atoms with Gasteiger partial charge in [0.2, 0.25) is 5.91 Å². The Morgan fingerprint density at radius 2 is 2.30 bits per heavy atom. The summed E-state index contributed by atoms with van der Waals surface area (Å²) in [4.78, 5) is 13.9. The lowest BCUT2D eigenvalue weighted by atomic mass is 10.1. The summed E-state index contributed by atoms with van der Waals surface area (Å²) in [7, 11) is 1.80. The monoisotopic (exact) mass is 334 g/mol. The number of benzene rings is 1. The summed E-state index contributed by atoms with van der Waals surface area (Å²) < 4.78 is 0. The zero-order valence-electron chi connectivity index (χ0n) is 11.7. The van der Waals surface area contributed by atoms with Crippen molar-refractivity contribution in [2.24, 2.45) is 0 Å². The molecule has 6 heteroatoms. The summed E-state index contributed by atoms with van der Waals surface area (Å²) in [5.41, 5.74) is 1.88. The standard InChI is InChI=1S/C14H19ClN2OS.ClH/c1-10-3-4-12(8-13(10)15)17(2)14(18)7-11-9-19-6-5-16-11;/h3-4,8,11,16H,5-7,9H2,1-2H3;1H. The Labute approximate surface area is 135 Å². The van der Waals surface area contributed by atoms with Crippen LogP contribution >= 0.6 is 35.8 Å². The lowest BCUT2D eigenvalue weighted by Gasteiger charge is -2.25. The van der Waals surface area contributed by atoms with Gasteiger partial charge in [-0.2, -0.15) is 11.8 Å². The highest BCUT2D eigenvalue weighted by atomic mass is 35.5. The molecule has 0 aromatic heterocycles. The number of halogens is 2. The summed E-state index contributed by atoms with van der Waals surface area (Å²) in [5, 5.41) is 4.08. The van der Waals surface area contributed by atoms with Gasteiger partial charge in [-0.15, -0.1) is 12.4 Å². The van der Waals surface area contributed by atoms with Crippen LogP contribution in [0.4, 0.5) is 5.69 Å². The number of nitrogens with zero attached hydrogens (tertiary/aromatic N) is 1. The molecule has 112 valence electrons. The highest BCUT2D eigenvalue weighted by Crippen LogP contribution is 2.23. The van der Waals surface area contributed by atoms with Gasteiger partial charge in [-0.1, -0.05) is 17.7 Å². The van der Waals surface area contributed by atoms with Gasteiger partial charge in [0.05, 0.1) is 0 Å². The molecular formula is C14H20Cl2N2OS. The van der Waals surface area contributed by atoms with Gasteiger partial charge in [-0.05, 0) is 24.6 Å². The molecule has 2 rings (SSSR count). The van der Waals surface area contributed by atoms with Crippen molar-refractivity contribution in [2.75, 3.05) is 30.0 Å². The summed E-state index contributed by atoms with van der Waals surface area (Å²) in [6, 6.07) is 6.01. The smallest absolute Gasteiger partial charge is 0.228 e. The van der Waals surface area contributed by atoms with E-state index in [9.17, 15) is 4.79 Å². The maximum atomic E-state index is 12.2. The number of amides is 1. The van der Waals surface area contributed by atoms with E-state index in [4.69, 9.17) is 11.6 Å². The number of nitrogens with one attached hydrogen (secondary N) is 1. The van der Waals surface area contributed by atoms with Crippen molar-refractivity contribution in [3.05, 3.63) is 28.8 Å². The van der Waals surface area contributed by atoms with E-state index in [-0.39, 0.29) is 24.4 Å². The molecule has 1 aliphatic rings. The third-order valence-corrected chi connectivity index (χ3v) is 4.87. The molecule has 1 unspecified atom stereocenters. The van der Waals surface area contributed by atoms with E-state index in [0.717, 1.165) is 29.3 Å². The lowest BCUT2D eigenvalue weighted by molar-refractivity contribution is -0.118. The molecule has 3 nitrogen and oxygen atoms in total. The van der Waals surface area contributed by atoms with Crippen LogP contribution in [-0.2, 0) is 4.79 Å². The average molecular weight is 335 g/mol. The van der Waals surface area contributed by atoms with Crippen LogP contribution in [-0.4, -0.2) is 37.0 Å². The fourth-order valence-corrected chi connectivity index (χ4v) is 3.16. The van der Waals surface area contributed by atoms with E-state index in [2.05, 4.69) is 5.32 Å². The Hall–Kier alpha value is -0.420. The average Bonchev–Trinajstić information content (AvgIpc) is 2.42. The molecule has 1 fully saturated rings. The SMILES string of the molecule is Cc1ccc(N(C)C(=O)CC2CSCCN2)cc1Cl.Cl. The molecule has 1 heterocycles. The topological polar surface area (TPSA) is 32.3 Å². The molecule has 0 bridgehead atoms. The Bertz CT molecular complexity index is 464. The fourth-order valence-electron chi connectivity index (χ4n) is 2.03. The molecule has 1 amide bonds. The lowest BCUT2D eigenvalue weighted by Crippen LogP contribution is -2.41. The number of hydrogen-bond acceptors (Lipinski definition) is 3. The predicted octanol–water partition coefficient (Wildman–Crippen LogP) is 3.13. The molecule has 1 aliphatic heterocycles. The van der Waals surface area contributed by atoms with Crippen molar-refractivity contribution in [2.45, 2.75) is 19.4 Å². The van der Waals surface area contributed by atoms with Gasteiger partial charge in [-0.3, -0.25) is 4.79 Å². The predicted molar refractivity (Wildman–Crippen MR) is 90.6 cm³/mol. The van der Waals surface area contributed by atoms with Crippen LogP contribution in [0.25, 0.3) is 0 Å². The number of rotatable bonds is 3. The molecule has 1 N–H and O–H groups in total. The number of carbonyl (C=O) groups is 1. The Kier molecular flexibility index (Phi) is 7.17. The number of carbonyl (C=O) groups excluding carboxylic acids is 1. The molecule has 1 aromatic carbocycles. The number of anilines is 1. The van der Waals surface area contributed by atoms with E-state index in [1.165, 1.54) is 0 Å². The van der Waals surface area contributed by atoms with Crippen molar-refractivity contribution in [1.29, 1.82) is 0 Å². The van der Waals surface area contributed by atoms with Gasteiger partial charge in [0.25, 0.3) is 0 Å². The molecule has 0 aliphatic carbocycles. The minimum Gasteiger partial charge on any atom is -0.315 e. The summed E-state index contributed by atoms with van der Waals surface area (Å²) in [6.07, 6.45) is 0.537. The largest absolute Gasteiger partial charge is 0.315 e. The molecular weight excluding hydrogens is 315 g/mol. The van der Waals surface area contributed by atoms with Gasteiger partial charge >= 0.3 is 0 Å². The van der Waals surface area contributed by atoms with E-state index < -0.39 is 0 Å². The van der Waals surface area contributed by atoms with Gasteiger partial charge < -0.3 is 10.2 Å². The minimum absolute atomic E-state index is 0. The first-order valence-electron chi connectivity index (χ1n) is 6.42. The Balaban J connectivity index is 0.00000200. The zero-order chi connectivity index (χ0) is 13.8. The van der Waals surface area contributed by atoms with E-state index in [0.29, 0.717) is 11.4 Å². The van der Waals surface area contributed by atoms with Crippen LogP contribution in [0.2, 0.25) is 5.02 Å². The Morgan fingerprint density at radius 3 is 2.90 bits per heavy atom. The zero-order valence-corrected chi connectivity index (χ0v) is 14.1. The molecule has 1 saturated heterocycles. The molecule has 1 atom stereocenters. The minimum atomic E-state index is 0. The van der Waals surface area contributed by atoms with Crippen LogP contribution in [0.3, 0.4) is 0 Å². The van der Waals surface area contributed by atoms with Crippen molar-refractivity contribution in [1.82, 2.24) is 5.32 Å². The van der Waals surface area contributed by atoms with Crippen LogP contribution < -0.4 is 10.2 Å². The van der Waals surface area contributed by atoms with Crippen molar-refractivity contribution >= 4 is 47.4 Å². The Morgan fingerprint density at radius 1 is 1.55 bits per heavy atom. The number of hydrogen-bond donors (Lipinski definition) is 1. The summed E-state index contributed by atoms with van der Waals surface area (Å²) in [5.74, 6) is 2.27.